The van der Waals surface area contributed by atoms with Crippen molar-refractivity contribution in [3.8, 4) is 0 Å². The van der Waals surface area contributed by atoms with Crippen molar-refractivity contribution in [1.82, 2.24) is 0 Å². The molecule has 0 radical (unpaired) electrons. The maximum Gasteiger partial charge on any atom is 0.503 e. The molecule has 0 bridgehead atoms. The van der Waals surface area contributed by atoms with E-state index in [-0.39, 0.29) is 0 Å². The van der Waals surface area contributed by atoms with Crippen LogP contribution in [0.25, 0.3) is 21.5 Å². The number of rotatable bonds is 2. The van der Waals surface area contributed by atoms with Gasteiger partial charge in [0.1, 0.15) is 0 Å². The first kappa shape index (κ1) is 11.7. The van der Waals surface area contributed by atoms with Crippen LogP contribution in [0, 0.1) is 0 Å². The standard InChI is InChI=1S/C14H10BBrO2/c16-18-15(17)14-12-7-3-1-5-10(12)9-11-6-2-4-8-13(11)14/h1-9,17H. The Labute approximate surface area is 114 Å². The molecule has 0 aliphatic rings. The second-order valence-electron chi connectivity index (χ2n) is 4.17. The molecule has 3 rings (SSSR count). The molecule has 0 atom stereocenters. The monoisotopic (exact) mass is 300 g/mol. The van der Waals surface area contributed by atoms with Gasteiger partial charge in [0.05, 0.1) is 16.3 Å². The van der Waals surface area contributed by atoms with Crippen molar-refractivity contribution >= 4 is 50.4 Å². The fraction of sp³-hybridized carbons (Fsp3) is 0. The van der Waals surface area contributed by atoms with Gasteiger partial charge in [-0.1, -0.05) is 48.5 Å². The van der Waals surface area contributed by atoms with Crippen molar-refractivity contribution in [2.24, 2.45) is 0 Å². The van der Waals surface area contributed by atoms with E-state index in [0.717, 1.165) is 27.0 Å². The molecule has 0 saturated carbocycles. The average Bonchev–Trinajstić information content (AvgIpc) is 2.44. The summed E-state index contributed by atoms with van der Waals surface area (Å²) >= 11 is 2.87. The van der Waals surface area contributed by atoms with Crippen molar-refractivity contribution in [3.05, 3.63) is 54.6 Å². The molecule has 2 nitrogen and oxygen atoms in total. The number of fused-ring (bicyclic) bond motifs is 2. The third-order valence-corrected chi connectivity index (χ3v) is 3.50. The first-order valence-corrected chi connectivity index (χ1v) is 6.32. The zero-order chi connectivity index (χ0) is 12.5. The molecule has 0 aliphatic heterocycles. The van der Waals surface area contributed by atoms with E-state index in [9.17, 15) is 5.02 Å². The highest BCUT2D eigenvalue weighted by molar-refractivity contribution is 9.06. The zero-order valence-corrected chi connectivity index (χ0v) is 11.1. The molecule has 0 unspecified atom stereocenters. The molecule has 3 aromatic carbocycles. The van der Waals surface area contributed by atoms with Crippen molar-refractivity contribution in [2.75, 3.05) is 0 Å². The van der Waals surface area contributed by atoms with E-state index in [2.05, 4.69) is 22.3 Å². The number of hydrogen-bond acceptors (Lipinski definition) is 2. The summed E-state index contributed by atoms with van der Waals surface area (Å²) in [6, 6.07) is 18.1. The summed E-state index contributed by atoms with van der Waals surface area (Å²) in [5.74, 6) is 0. The van der Waals surface area contributed by atoms with Gasteiger partial charge in [-0.15, -0.1) is 0 Å². The van der Waals surface area contributed by atoms with Gasteiger partial charge < -0.3 is 8.77 Å². The average molecular weight is 301 g/mol. The molecule has 1 N–H and O–H groups in total. The summed E-state index contributed by atoms with van der Waals surface area (Å²) in [6.45, 7) is 0. The number of halogens is 1. The van der Waals surface area contributed by atoms with E-state index < -0.39 is 7.12 Å². The summed E-state index contributed by atoms with van der Waals surface area (Å²) < 4.78 is 4.92. The molecule has 0 amide bonds. The van der Waals surface area contributed by atoms with E-state index in [4.69, 9.17) is 3.75 Å². The maximum atomic E-state index is 10.1. The van der Waals surface area contributed by atoms with E-state index in [1.54, 1.807) is 0 Å². The van der Waals surface area contributed by atoms with Crippen LogP contribution in [0.4, 0.5) is 0 Å². The summed E-state index contributed by atoms with van der Waals surface area (Å²) in [7, 11) is -0.985. The van der Waals surface area contributed by atoms with Crippen LogP contribution in [-0.2, 0) is 3.75 Å². The van der Waals surface area contributed by atoms with Gasteiger partial charge in [-0.2, -0.15) is 0 Å². The molecule has 0 saturated heterocycles. The van der Waals surface area contributed by atoms with Crippen LogP contribution >= 0.6 is 16.3 Å². The van der Waals surface area contributed by atoms with E-state index >= 15 is 0 Å². The largest absolute Gasteiger partial charge is 0.503 e. The molecular formula is C14H10BBrO2. The summed E-state index contributed by atoms with van der Waals surface area (Å²) in [5.41, 5.74) is 0.792. The van der Waals surface area contributed by atoms with Crippen molar-refractivity contribution in [3.63, 3.8) is 0 Å². The molecule has 0 aromatic heterocycles. The van der Waals surface area contributed by atoms with E-state index in [1.807, 2.05) is 48.5 Å². The van der Waals surface area contributed by atoms with Gasteiger partial charge in [0.25, 0.3) is 0 Å². The second kappa shape index (κ2) is 4.73. The molecule has 0 fully saturated rings. The summed E-state index contributed by atoms with van der Waals surface area (Å²) in [5, 5.41) is 14.2. The Balaban J connectivity index is 2.49. The first-order valence-electron chi connectivity index (χ1n) is 5.67. The third kappa shape index (κ3) is 1.83. The molecule has 4 heteroatoms. The lowest BCUT2D eigenvalue weighted by molar-refractivity contribution is 0.481. The smallest absolute Gasteiger partial charge is 0.423 e. The predicted molar refractivity (Wildman–Crippen MR) is 79.1 cm³/mol. The SMILES string of the molecule is OB(OBr)c1c2ccccc2cc2ccccc12. The van der Waals surface area contributed by atoms with Crippen LogP contribution < -0.4 is 5.46 Å². The molecule has 0 heterocycles. The van der Waals surface area contributed by atoms with Crippen LogP contribution in [-0.4, -0.2) is 12.1 Å². The Morgan fingerprint density at radius 2 is 1.39 bits per heavy atom. The predicted octanol–water partition coefficient (Wildman–Crippen LogP) is 3.01. The quantitative estimate of drug-likeness (QED) is 0.582. The normalized spacial score (nSPS) is 11.0. The van der Waals surface area contributed by atoms with Crippen LogP contribution in [0.1, 0.15) is 0 Å². The van der Waals surface area contributed by atoms with Gasteiger partial charge in [-0.3, -0.25) is 0 Å². The van der Waals surface area contributed by atoms with Crippen LogP contribution in [0.2, 0.25) is 0 Å². The highest BCUT2D eigenvalue weighted by Crippen LogP contribution is 2.21. The van der Waals surface area contributed by atoms with Crippen molar-refractivity contribution in [1.29, 1.82) is 0 Å². The first-order chi connectivity index (χ1) is 8.81. The van der Waals surface area contributed by atoms with Gasteiger partial charge >= 0.3 is 7.12 Å². The highest BCUT2D eigenvalue weighted by Gasteiger charge is 2.21. The van der Waals surface area contributed by atoms with Gasteiger partial charge in [0.15, 0.2) is 0 Å². The molecular weight excluding hydrogens is 291 g/mol. The Kier molecular flexibility index (Phi) is 3.08. The topological polar surface area (TPSA) is 29.5 Å². The summed E-state index contributed by atoms with van der Waals surface area (Å²) in [4.78, 5) is 0. The fourth-order valence-electron chi connectivity index (χ4n) is 2.36. The Bertz CT molecular complexity index is 660. The number of hydrogen-bond donors (Lipinski definition) is 1. The van der Waals surface area contributed by atoms with Crippen molar-refractivity contribution < 1.29 is 8.77 Å². The van der Waals surface area contributed by atoms with Crippen molar-refractivity contribution in [2.45, 2.75) is 0 Å². The van der Waals surface area contributed by atoms with Crippen LogP contribution in [0.15, 0.2) is 54.6 Å². The maximum absolute atomic E-state index is 10.1. The molecule has 3 aromatic rings. The second-order valence-corrected chi connectivity index (χ2v) is 4.55. The Hall–Kier alpha value is -1.36. The lowest BCUT2D eigenvalue weighted by Gasteiger charge is -2.11. The number of benzene rings is 3. The Morgan fingerprint density at radius 1 is 0.889 bits per heavy atom. The van der Waals surface area contributed by atoms with E-state index in [1.165, 1.54) is 0 Å². The van der Waals surface area contributed by atoms with Gasteiger partial charge in [0.2, 0.25) is 0 Å². The lowest BCUT2D eigenvalue weighted by atomic mass is 9.74. The fourth-order valence-corrected chi connectivity index (χ4v) is 2.55. The van der Waals surface area contributed by atoms with Crippen LogP contribution in [0.3, 0.4) is 0 Å². The molecule has 18 heavy (non-hydrogen) atoms. The molecule has 0 spiro atoms. The minimum absolute atomic E-state index is 0.792. The van der Waals surface area contributed by atoms with Gasteiger partial charge in [-0.25, -0.2) is 0 Å². The molecule has 88 valence electrons. The van der Waals surface area contributed by atoms with Gasteiger partial charge in [0, 0.05) is 0 Å². The Morgan fingerprint density at radius 3 is 1.89 bits per heavy atom. The highest BCUT2D eigenvalue weighted by atomic mass is 79.9. The third-order valence-electron chi connectivity index (χ3n) is 3.14. The van der Waals surface area contributed by atoms with Gasteiger partial charge in [-0.05, 0) is 33.1 Å². The van der Waals surface area contributed by atoms with Crippen LogP contribution in [0.5, 0.6) is 0 Å². The minimum Gasteiger partial charge on any atom is -0.423 e. The van der Waals surface area contributed by atoms with E-state index in [0.29, 0.717) is 0 Å². The molecule has 0 aliphatic carbocycles. The summed E-state index contributed by atoms with van der Waals surface area (Å²) in [6.07, 6.45) is 0. The minimum atomic E-state index is -0.985. The zero-order valence-electron chi connectivity index (χ0n) is 9.51. The lowest BCUT2D eigenvalue weighted by Crippen LogP contribution is -2.32.